The fourth-order valence-electron chi connectivity index (χ4n) is 2.58. The molecule has 3 unspecified atom stereocenters. The summed E-state index contributed by atoms with van der Waals surface area (Å²) in [6, 6.07) is 7.63. The molecule has 1 fully saturated rings. The second kappa shape index (κ2) is 7.54. The molecule has 2 rings (SSSR count). The second-order valence-corrected chi connectivity index (χ2v) is 5.75. The zero-order valence-electron chi connectivity index (χ0n) is 12.4. The van der Waals surface area contributed by atoms with Crippen LogP contribution in [0.25, 0.3) is 0 Å². The minimum absolute atomic E-state index is 0.330. The Morgan fingerprint density at radius 1 is 1.43 bits per heavy atom. The topological polar surface area (TPSA) is 84.6 Å². The van der Waals surface area contributed by atoms with Gasteiger partial charge in [-0.1, -0.05) is 24.3 Å². The van der Waals surface area contributed by atoms with Crippen molar-refractivity contribution >= 4 is 5.97 Å². The number of carboxylic acids is 1. The molecule has 21 heavy (non-hydrogen) atoms. The van der Waals surface area contributed by atoms with Crippen LogP contribution in [0.3, 0.4) is 0 Å². The third-order valence-electron chi connectivity index (χ3n) is 3.88. The summed E-state index contributed by atoms with van der Waals surface area (Å²) in [5.74, 6) is -0.964. The Morgan fingerprint density at radius 3 is 2.71 bits per heavy atom. The Kier molecular flexibility index (Phi) is 5.73. The van der Waals surface area contributed by atoms with Gasteiger partial charge >= 0.3 is 5.97 Å². The van der Waals surface area contributed by atoms with Crippen LogP contribution < -0.4 is 11.1 Å². The molecule has 0 aliphatic carbocycles. The van der Waals surface area contributed by atoms with Gasteiger partial charge in [-0.2, -0.15) is 0 Å². The number of aliphatic carboxylic acids is 1. The highest BCUT2D eigenvalue weighted by atomic mass is 16.5. The van der Waals surface area contributed by atoms with E-state index in [1.807, 2.05) is 24.3 Å². The zero-order valence-corrected chi connectivity index (χ0v) is 12.4. The Morgan fingerprint density at radius 2 is 2.10 bits per heavy atom. The number of carboxylic acid groups (broad SMARTS) is 1. The summed E-state index contributed by atoms with van der Waals surface area (Å²) in [4.78, 5) is 10.7. The van der Waals surface area contributed by atoms with E-state index in [-0.39, 0.29) is 0 Å². The average Bonchev–Trinajstić information content (AvgIpc) is 2.46. The minimum atomic E-state index is -0.964. The van der Waals surface area contributed by atoms with Crippen molar-refractivity contribution in [2.45, 2.75) is 50.9 Å². The number of rotatable bonds is 6. The Bertz CT molecular complexity index is 461. The fourth-order valence-corrected chi connectivity index (χ4v) is 2.58. The first kappa shape index (κ1) is 15.9. The SMILES string of the molecule is CC1CC(NCc2ccc(CC(N)C(=O)O)cc2)CCO1. The van der Waals surface area contributed by atoms with E-state index in [0.717, 1.165) is 31.6 Å². The number of hydrogen-bond donors (Lipinski definition) is 3. The Hall–Kier alpha value is -1.43. The molecular weight excluding hydrogens is 268 g/mol. The van der Waals surface area contributed by atoms with Crippen LogP contribution in [0, 0.1) is 0 Å². The van der Waals surface area contributed by atoms with Crippen LogP contribution in [0.15, 0.2) is 24.3 Å². The van der Waals surface area contributed by atoms with Crippen LogP contribution in [-0.2, 0) is 22.5 Å². The van der Waals surface area contributed by atoms with E-state index in [1.54, 1.807) is 0 Å². The number of benzene rings is 1. The molecule has 0 radical (unpaired) electrons. The molecule has 1 aliphatic rings. The van der Waals surface area contributed by atoms with Crippen LogP contribution in [0.2, 0.25) is 0 Å². The van der Waals surface area contributed by atoms with Crippen molar-refractivity contribution in [1.82, 2.24) is 5.32 Å². The number of hydrogen-bond acceptors (Lipinski definition) is 4. The molecule has 1 heterocycles. The van der Waals surface area contributed by atoms with Gasteiger partial charge in [0, 0.05) is 19.2 Å². The van der Waals surface area contributed by atoms with E-state index >= 15 is 0 Å². The van der Waals surface area contributed by atoms with Gasteiger partial charge in [-0.25, -0.2) is 0 Å². The summed E-state index contributed by atoms with van der Waals surface area (Å²) in [5, 5.41) is 12.4. The summed E-state index contributed by atoms with van der Waals surface area (Å²) in [5.41, 5.74) is 7.68. The lowest BCUT2D eigenvalue weighted by molar-refractivity contribution is -0.138. The first-order valence-electron chi connectivity index (χ1n) is 7.46. The van der Waals surface area contributed by atoms with Crippen molar-refractivity contribution in [3.8, 4) is 0 Å². The highest BCUT2D eigenvalue weighted by molar-refractivity contribution is 5.73. The van der Waals surface area contributed by atoms with Gasteiger partial charge in [0.05, 0.1) is 6.10 Å². The molecule has 4 N–H and O–H groups in total. The molecular formula is C16H24N2O3. The van der Waals surface area contributed by atoms with Crippen LogP contribution in [-0.4, -0.2) is 35.9 Å². The lowest BCUT2D eigenvalue weighted by Gasteiger charge is -2.28. The molecule has 1 aliphatic heterocycles. The van der Waals surface area contributed by atoms with Gasteiger partial charge in [0.1, 0.15) is 6.04 Å². The number of nitrogens with two attached hydrogens (primary N) is 1. The molecule has 0 bridgehead atoms. The van der Waals surface area contributed by atoms with Gasteiger partial charge in [0.25, 0.3) is 0 Å². The van der Waals surface area contributed by atoms with Crippen LogP contribution in [0.5, 0.6) is 0 Å². The van der Waals surface area contributed by atoms with Crippen molar-refractivity contribution in [1.29, 1.82) is 0 Å². The van der Waals surface area contributed by atoms with Crippen molar-refractivity contribution in [3.05, 3.63) is 35.4 Å². The summed E-state index contributed by atoms with van der Waals surface area (Å²) < 4.78 is 5.53. The highest BCUT2D eigenvalue weighted by Gasteiger charge is 2.18. The maximum absolute atomic E-state index is 10.7. The van der Waals surface area contributed by atoms with Crippen molar-refractivity contribution < 1.29 is 14.6 Å². The van der Waals surface area contributed by atoms with Gasteiger partial charge in [0.15, 0.2) is 0 Å². The summed E-state index contributed by atoms with van der Waals surface area (Å²) >= 11 is 0. The quantitative estimate of drug-likeness (QED) is 0.736. The minimum Gasteiger partial charge on any atom is -0.480 e. The van der Waals surface area contributed by atoms with E-state index in [9.17, 15) is 4.79 Å². The molecule has 1 aromatic rings. The first-order chi connectivity index (χ1) is 10.0. The molecule has 1 saturated heterocycles. The van der Waals surface area contributed by atoms with Gasteiger partial charge in [-0.05, 0) is 37.3 Å². The summed E-state index contributed by atoms with van der Waals surface area (Å²) in [6.45, 7) is 3.75. The standard InChI is InChI=1S/C16H24N2O3/c1-11-8-14(6-7-21-11)18-10-13-4-2-12(3-5-13)9-15(17)16(19)20/h2-5,11,14-15,18H,6-10,17H2,1H3,(H,19,20). The predicted molar refractivity (Wildman–Crippen MR) is 81.0 cm³/mol. The number of carbonyl (C=O) groups is 1. The number of nitrogens with one attached hydrogen (secondary N) is 1. The van der Waals surface area contributed by atoms with Crippen molar-refractivity contribution in [3.63, 3.8) is 0 Å². The lowest BCUT2D eigenvalue weighted by Crippen LogP contribution is -2.37. The van der Waals surface area contributed by atoms with Crippen LogP contribution in [0.1, 0.15) is 30.9 Å². The average molecular weight is 292 g/mol. The van der Waals surface area contributed by atoms with E-state index in [4.69, 9.17) is 15.6 Å². The van der Waals surface area contributed by atoms with Crippen LogP contribution in [0.4, 0.5) is 0 Å². The molecule has 0 saturated carbocycles. The third kappa shape index (κ3) is 5.12. The molecule has 0 aromatic heterocycles. The normalized spacial score (nSPS) is 23.7. The highest BCUT2D eigenvalue weighted by Crippen LogP contribution is 2.14. The zero-order chi connectivity index (χ0) is 15.2. The van der Waals surface area contributed by atoms with Gasteiger partial charge in [0.2, 0.25) is 0 Å². The van der Waals surface area contributed by atoms with Gasteiger partial charge in [-0.15, -0.1) is 0 Å². The van der Waals surface area contributed by atoms with E-state index in [0.29, 0.717) is 18.6 Å². The first-order valence-corrected chi connectivity index (χ1v) is 7.46. The van der Waals surface area contributed by atoms with Crippen molar-refractivity contribution in [2.75, 3.05) is 6.61 Å². The monoisotopic (exact) mass is 292 g/mol. The Balaban J connectivity index is 1.80. The van der Waals surface area contributed by atoms with Gasteiger partial charge < -0.3 is 20.9 Å². The predicted octanol–water partition coefficient (Wildman–Crippen LogP) is 1.30. The van der Waals surface area contributed by atoms with E-state index in [2.05, 4.69) is 12.2 Å². The number of ether oxygens (including phenoxy) is 1. The molecule has 116 valence electrons. The molecule has 0 amide bonds. The molecule has 1 aromatic carbocycles. The Labute approximate surface area is 125 Å². The molecule has 0 spiro atoms. The summed E-state index contributed by atoms with van der Waals surface area (Å²) in [7, 11) is 0. The van der Waals surface area contributed by atoms with Gasteiger partial charge in [-0.3, -0.25) is 4.79 Å². The van der Waals surface area contributed by atoms with Crippen LogP contribution >= 0.6 is 0 Å². The molecule has 3 atom stereocenters. The summed E-state index contributed by atoms with van der Waals surface area (Å²) in [6.07, 6.45) is 2.79. The van der Waals surface area contributed by atoms with E-state index < -0.39 is 12.0 Å². The van der Waals surface area contributed by atoms with Crippen molar-refractivity contribution in [2.24, 2.45) is 5.73 Å². The smallest absolute Gasteiger partial charge is 0.320 e. The maximum Gasteiger partial charge on any atom is 0.320 e. The maximum atomic E-state index is 10.7. The second-order valence-electron chi connectivity index (χ2n) is 5.75. The molecule has 5 nitrogen and oxygen atoms in total. The third-order valence-corrected chi connectivity index (χ3v) is 3.88. The largest absolute Gasteiger partial charge is 0.480 e. The van der Waals surface area contributed by atoms with E-state index in [1.165, 1.54) is 5.56 Å². The lowest BCUT2D eigenvalue weighted by atomic mass is 10.0. The molecule has 5 heteroatoms. The fraction of sp³-hybridized carbons (Fsp3) is 0.562.